The van der Waals surface area contributed by atoms with E-state index in [1.807, 2.05) is 0 Å². The standard InChI is InChI=1S/C14H22N4O4/c1-14(2,3)22-13(21)18-7-5-6-9(12(19)20)10(18)11-16-15-8-17(11)4/h8-10H,5-7H2,1-4H3,(H,19,20). The second kappa shape index (κ2) is 5.94. The van der Waals surface area contributed by atoms with Gasteiger partial charge in [-0.25, -0.2) is 4.79 Å². The molecule has 1 aromatic rings. The number of hydrogen-bond donors (Lipinski definition) is 1. The molecular formula is C14H22N4O4. The van der Waals surface area contributed by atoms with Crippen LogP contribution in [0.3, 0.4) is 0 Å². The first-order valence-electron chi connectivity index (χ1n) is 7.27. The molecule has 2 unspecified atom stereocenters. The molecule has 2 atom stereocenters. The summed E-state index contributed by atoms with van der Waals surface area (Å²) < 4.78 is 7.05. The van der Waals surface area contributed by atoms with Crippen LogP contribution in [-0.2, 0) is 16.6 Å². The van der Waals surface area contributed by atoms with E-state index in [2.05, 4.69) is 10.2 Å². The Balaban J connectivity index is 2.35. The lowest BCUT2D eigenvalue weighted by atomic mass is 9.88. The van der Waals surface area contributed by atoms with Crippen molar-refractivity contribution in [3.63, 3.8) is 0 Å². The van der Waals surface area contributed by atoms with Gasteiger partial charge in [0.05, 0.1) is 5.92 Å². The number of rotatable bonds is 2. The van der Waals surface area contributed by atoms with Crippen molar-refractivity contribution in [3.8, 4) is 0 Å². The molecule has 0 saturated carbocycles. The van der Waals surface area contributed by atoms with E-state index in [0.717, 1.165) is 0 Å². The summed E-state index contributed by atoms with van der Waals surface area (Å²) >= 11 is 0. The third-order valence-corrected chi connectivity index (χ3v) is 3.59. The van der Waals surface area contributed by atoms with Gasteiger partial charge in [-0.2, -0.15) is 0 Å². The topological polar surface area (TPSA) is 97.5 Å². The summed E-state index contributed by atoms with van der Waals surface area (Å²) in [4.78, 5) is 25.5. The third kappa shape index (κ3) is 3.37. The second-order valence-corrected chi connectivity index (χ2v) is 6.51. The molecule has 1 aromatic heterocycles. The van der Waals surface area contributed by atoms with Gasteiger partial charge >= 0.3 is 12.1 Å². The fourth-order valence-electron chi connectivity index (χ4n) is 2.66. The van der Waals surface area contributed by atoms with Gasteiger partial charge in [0.15, 0.2) is 5.82 Å². The molecule has 1 aliphatic rings. The largest absolute Gasteiger partial charge is 0.481 e. The molecule has 1 N–H and O–H groups in total. The van der Waals surface area contributed by atoms with E-state index in [4.69, 9.17) is 4.74 Å². The number of hydrogen-bond acceptors (Lipinski definition) is 5. The summed E-state index contributed by atoms with van der Waals surface area (Å²) in [5.41, 5.74) is -0.641. The highest BCUT2D eigenvalue weighted by Crippen LogP contribution is 2.36. The van der Waals surface area contributed by atoms with E-state index in [1.165, 1.54) is 11.2 Å². The predicted molar refractivity (Wildman–Crippen MR) is 77.0 cm³/mol. The average molecular weight is 310 g/mol. The molecule has 8 nitrogen and oxygen atoms in total. The van der Waals surface area contributed by atoms with Gasteiger partial charge in [-0.1, -0.05) is 0 Å². The monoisotopic (exact) mass is 310 g/mol. The number of aliphatic carboxylic acids is 1. The minimum absolute atomic E-state index is 0.441. The second-order valence-electron chi connectivity index (χ2n) is 6.51. The van der Waals surface area contributed by atoms with Gasteiger partial charge in [-0.05, 0) is 33.6 Å². The van der Waals surface area contributed by atoms with E-state index >= 15 is 0 Å². The minimum Gasteiger partial charge on any atom is -0.481 e. The fraction of sp³-hybridized carbons (Fsp3) is 0.714. The maximum absolute atomic E-state index is 12.5. The van der Waals surface area contributed by atoms with Crippen molar-refractivity contribution in [1.82, 2.24) is 19.7 Å². The molecule has 1 aliphatic heterocycles. The van der Waals surface area contributed by atoms with E-state index in [0.29, 0.717) is 25.2 Å². The quantitative estimate of drug-likeness (QED) is 0.890. The van der Waals surface area contributed by atoms with Gasteiger partial charge in [0.1, 0.15) is 18.0 Å². The first-order valence-corrected chi connectivity index (χ1v) is 7.27. The van der Waals surface area contributed by atoms with Crippen LogP contribution in [0, 0.1) is 5.92 Å². The van der Waals surface area contributed by atoms with Crippen LogP contribution in [0.1, 0.15) is 45.5 Å². The molecule has 1 fully saturated rings. The van der Waals surface area contributed by atoms with E-state index < -0.39 is 29.6 Å². The van der Waals surface area contributed by atoms with E-state index in [-0.39, 0.29) is 0 Å². The molecule has 1 saturated heterocycles. The summed E-state index contributed by atoms with van der Waals surface area (Å²) in [5.74, 6) is -1.21. The number of piperidine rings is 1. The number of carbonyl (C=O) groups excluding carboxylic acids is 1. The lowest BCUT2D eigenvalue weighted by Crippen LogP contribution is -2.47. The molecule has 0 aromatic carbocycles. The van der Waals surface area contributed by atoms with Crippen molar-refractivity contribution in [2.45, 2.75) is 45.3 Å². The van der Waals surface area contributed by atoms with Crippen molar-refractivity contribution in [3.05, 3.63) is 12.2 Å². The van der Waals surface area contributed by atoms with Crippen molar-refractivity contribution >= 4 is 12.1 Å². The molecule has 0 radical (unpaired) electrons. The number of aromatic nitrogens is 3. The molecule has 2 heterocycles. The van der Waals surface area contributed by atoms with Crippen molar-refractivity contribution in [2.24, 2.45) is 13.0 Å². The highest BCUT2D eigenvalue weighted by Gasteiger charge is 2.43. The number of carboxylic acid groups (broad SMARTS) is 1. The van der Waals surface area contributed by atoms with E-state index in [1.54, 1.807) is 32.4 Å². The fourth-order valence-corrected chi connectivity index (χ4v) is 2.66. The molecule has 0 aliphatic carbocycles. The first kappa shape index (κ1) is 16.3. The number of carboxylic acids is 1. The Morgan fingerprint density at radius 3 is 2.59 bits per heavy atom. The number of nitrogens with zero attached hydrogens (tertiary/aromatic N) is 4. The molecule has 122 valence electrons. The van der Waals surface area contributed by atoms with Crippen molar-refractivity contribution in [2.75, 3.05) is 6.54 Å². The van der Waals surface area contributed by atoms with E-state index in [9.17, 15) is 14.7 Å². The van der Waals surface area contributed by atoms with Crippen LogP contribution in [0.2, 0.25) is 0 Å². The summed E-state index contributed by atoms with van der Waals surface area (Å²) in [5, 5.41) is 17.3. The predicted octanol–water partition coefficient (Wildman–Crippen LogP) is 1.59. The number of amides is 1. The van der Waals surface area contributed by atoms with Gasteiger partial charge in [-0.15, -0.1) is 10.2 Å². The number of carbonyl (C=O) groups is 2. The zero-order chi connectivity index (χ0) is 16.5. The van der Waals surface area contributed by atoms with Gasteiger partial charge < -0.3 is 14.4 Å². The molecule has 2 rings (SSSR count). The Labute approximate surface area is 129 Å². The van der Waals surface area contributed by atoms with Crippen LogP contribution < -0.4 is 0 Å². The van der Waals surface area contributed by atoms with Crippen LogP contribution in [0.15, 0.2) is 6.33 Å². The highest BCUT2D eigenvalue weighted by molar-refractivity contribution is 5.74. The van der Waals surface area contributed by atoms with Crippen molar-refractivity contribution in [1.29, 1.82) is 0 Å². The summed E-state index contributed by atoms with van der Waals surface area (Å²) in [6, 6.07) is -0.673. The average Bonchev–Trinajstić information content (AvgIpc) is 2.81. The number of ether oxygens (including phenoxy) is 1. The maximum atomic E-state index is 12.5. The molecule has 1 amide bonds. The lowest BCUT2D eigenvalue weighted by molar-refractivity contribution is -0.146. The van der Waals surface area contributed by atoms with Gasteiger partial charge in [-0.3, -0.25) is 9.69 Å². The summed E-state index contributed by atoms with van der Waals surface area (Å²) in [6.45, 7) is 5.78. The highest BCUT2D eigenvalue weighted by atomic mass is 16.6. The summed E-state index contributed by atoms with van der Waals surface area (Å²) in [7, 11) is 1.73. The molecular weight excluding hydrogens is 288 g/mol. The van der Waals surface area contributed by atoms with Crippen LogP contribution in [0.25, 0.3) is 0 Å². The van der Waals surface area contributed by atoms with Crippen LogP contribution in [-0.4, -0.2) is 49.0 Å². The maximum Gasteiger partial charge on any atom is 0.410 e. The van der Waals surface area contributed by atoms with Crippen LogP contribution in [0.4, 0.5) is 4.79 Å². The van der Waals surface area contributed by atoms with Crippen LogP contribution in [0.5, 0.6) is 0 Å². The Bertz CT molecular complexity index is 563. The Morgan fingerprint density at radius 1 is 1.41 bits per heavy atom. The molecule has 8 heteroatoms. The minimum atomic E-state index is -0.943. The number of aryl methyl sites for hydroxylation is 1. The molecule has 0 bridgehead atoms. The number of likely N-dealkylation sites (tertiary alicyclic amines) is 1. The lowest BCUT2D eigenvalue weighted by Gasteiger charge is -2.39. The molecule has 22 heavy (non-hydrogen) atoms. The van der Waals surface area contributed by atoms with Crippen molar-refractivity contribution < 1.29 is 19.4 Å². The van der Waals surface area contributed by atoms with Gasteiger partial charge in [0.2, 0.25) is 0 Å². The summed E-state index contributed by atoms with van der Waals surface area (Å²) in [6.07, 6.45) is 2.08. The SMILES string of the molecule is Cn1cnnc1C1C(C(=O)O)CCCN1C(=O)OC(C)(C)C. The Morgan fingerprint density at radius 2 is 2.09 bits per heavy atom. The zero-order valence-electron chi connectivity index (χ0n) is 13.3. The van der Waals surface area contributed by atoms with Gasteiger partial charge in [0, 0.05) is 13.6 Å². The van der Waals surface area contributed by atoms with Gasteiger partial charge in [0.25, 0.3) is 0 Å². The Hall–Kier alpha value is -2.12. The third-order valence-electron chi connectivity index (χ3n) is 3.59. The normalized spacial score (nSPS) is 22.5. The first-order chi connectivity index (χ1) is 10.2. The zero-order valence-corrected chi connectivity index (χ0v) is 13.3. The Kier molecular flexibility index (Phi) is 4.39. The van der Waals surface area contributed by atoms with Crippen LogP contribution >= 0.6 is 0 Å². The molecule has 0 spiro atoms. The smallest absolute Gasteiger partial charge is 0.410 e.